The van der Waals surface area contributed by atoms with Crippen LogP contribution in [0.25, 0.3) is 0 Å². The summed E-state index contributed by atoms with van der Waals surface area (Å²) in [6.07, 6.45) is 0. The fourth-order valence-corrected chi connectivity index (χ4v) is 1.75. The van der Waals surface area contributed by atoms with E-state index in [1.807, 2.05) is 39.8 Å². The number of hydrogen-bond donors (Lipinski definition) is 2. The fraction of sp³-hybridized carbons (Fsp3) is 0.538. The molecule has 4 heteroatoms. The number of benzene rings is 1. The summed E-state index contributed by atoms with van der Waals surface area (Å²) < 4.78 is 0. The van der Waals surface area contributed by atoms with E-state index < -0.39 is 7.12 Å². The van der Waals surface area contributed by atoms with Gasteiger partial charge in [0.25, 0.3) is 0 Å². The number of fused-ring (bicyclic) bond motifs is 1. The van der Waals surface area contributed by atoms with E-state index in [-0.39, 0.29) is 0 Å². The van der Waals surface area contributed by atoms with Gasteiger partial charge in [0.1, 0.15) is 0 Å². The average molecular weight is 237 g/mol. The molecule has 0 bridgehead atoms. The van der Waals surface area contributed by atoms with Crippen LogP contribution in [0.15, 0.2) is 18.2 Å². The van der Waals surface area contributed by atoms with Crippen molar-refractivity contribution >= 4 is 12.6 Å². The SMILES string of the molecule is CC.CC.CN1Cc2ccc(B(O)O)cc2C1. The maximum absolute atomic E-state index is 8.96. The molecule has 1 aliphatic rings. The Balaban J connectivity index is 0.000000581. The van der Waals surface area contributed by atoms with Gasteiger partial charge in [0.2, 0.25) is 0 Å². The lowest BCUT2D eigenvalue weighted by Crippen LogP contribution is -2.29. The van der Waals surface area contributed by atoms with E-state index >= 15 is 0 Å². The van der Waals surface area contributed by atoms with Crippen molar-refractivity contribution in [3.05, 3.63) is 29.3 Å². The van der Waals surface area contributed by atoms with Gasteiger partial charge in [-0.15, -0.1) is 0 Å². The normalized spacial score (nSPS) is 12.9. The average Bonchev–Trinajstić information content (AvgIpc) is 2.73. The van der Waals surface area contributed by atoms with Crippen LogP contribution in [0.4, 0.5) is 0 Å². The third-order valence-corrected chi connectivity index (χ3v) is 2.41. The zero-order chi connectivity index (χ0) is 13.4. The smallest absolute Gasteiger partial charge is 0.423 e. The fourth-order valence-electron chi connectivity index (χ4n) is 1.75. The van der Waals surface area contributed by atoms with E-state index in [0.29, 0.717) is 5.46 Å². The Hall–Kier alpha value is -0.835. The van der Waals surface area contributed by atoms with E-state index in [1.54, 1.807) is 6.07 Å². The van der Waals surface area contributed by atoms with E-state index in [0.717, 1.165) is 13.1 Å². The summed E-state index contributed by atoms with van der Waals surface area (Å²) in [7, 11) is 0.700. The predicted octanol–water partition coefficient (Wildman–Crippen LogP) is 1.36. The van der Waals surface area contributed by atoms with Crippen LogP contribution in [-0.4, -0.2) is 29.1 Å². The van der Waals surface area contributed by atoms with Crippen LogP contribution in [0.2, 0.25) is 0 Å². The van der Waals surface area contributed by atoms with E-state index in [1.165, 1.54) is 11.1 Å². The topological polar surface area (TPSA) is 43.7 Å². The van der Waals surface area contributed by atoms with E-state index in [9.17, 15) is 0 Å². The first-order valence-electron chi connectivity index (χ1n) is 6.33. The summed E-state index contributed by atoms with van der Waals surface area (Å²) in [4.78, 5) is 2.19. The molecule has 0 amide bonds. The highest BCUT2D eigenvalue weighted by atomic mass is 16.4. The molecular formula is C13H24BNO2. The second-order valence-electron chi connectivity index (χ2n) is 3.57. The van der Waals surface area contributed by atoms with Crippen LogP contribution in [0.1, 0.15) is 38.8 Å². The largest absolute Gasteiger partial charge is 0.488 e. The summed E-state index contributed by atoms with van der Waals surface area (Å²) in [5, 5.41) is 17.9. The highest BCUT2D eigenvalue weighted by Gasteiger charge is 2.18. The van der Waals surface area contributed by atoms with Crippen LogP contribution < -0.4 is 5.46 Å². The molecule has 1 heterocycles. The molecule has 2 rings (SSSR count). The van der Waals surface area contributed by atoms with Crippen LogP contribution in [0.5, 0.6) is 0 Å². The quantitative estimate of drug-likeness (QED) is 0.725. The standard InChI is InChI=1S/C9H12BNO2.2C2H6/c1-11-5-7-2-3-9(10(12)13)4-8(7)6-11;2*1-2/h2-4,12-13H,5-6H2,1H3;2*1-2H3. The van der Waals surface area contributed by atoms with Crippen molar-refractivity contribution in [2.75, 3.05) is 7.05 Å². The zero-order valence-electron chi connectivity index (χ0n) is 11.6. The van der Waals surface area contributed by atoms with Gasteiger partial charge < -0.3 is 10.0 Å². The second-order valence-corrected chi connectivity index (χ2v) is 3.57. The summed E-state index contributed by atoms with van der Waals surface area (Å²) in [6, 6.07) is 5.60. The van der Waals surface area contributed by atoms with Gasteiger partial charge in [-0.2, -0.15) is 0 Å². The van der Waals surface area contributed by atoms with E-state index in [4.69, 9.17) is 10.0 Å². The molecule has 0 atom stereocenters. The van der Waals surface area contributed by atoms with Gasteiger partial charge in [0.15, 0.2) is 0 Å². The van der Waals surface area contributed by atoms with Crippen molar-refractivity contribution in [3.63, 3.8) is 0 Å². The number of rotatable bonds is 1. The third kappa shape index (κ3) is 4.50. The zero-order valence-corrected chi connectivity index (χ0v) is 11.6. The Morgan fingerprint density at radius 2 is 1.53 bits per heavy atom. The van der Waals surface area contributed by atoms with Crippen molar-refractivity contribution in [1.82, 2.24) is 4.90 Å². The Kier molecular flexibility index (Phi) is 7.88. The minimum Gasteiger partial charge on any atom is -0.423 e. The van der Waals surface area contributed by atoms with Crippen molar-refractivity contribution < 1.29 is 10.0 Å². The first-order valence-corrected chi connectivity index (χ1v) is 6.33. The van der Waals surface area contributed by atoms with Gasteiger partial charge in [0.05, 0.1) is 0 Å². The lowest BCUT2D eigenvalue weighted by Gasteiger charge is -2.03. The van der Waals surface area contributed by atoms with Gasteiger partial charge >= 0.3 is 7.12 Å². The van der Waals surface area contributed by atoms with Gasteiger partial charge in [-0.1, -0.05) is 45.9 Å². The monoisotopic (exact) mass is 237 g/mol. The number of nitrogens with zero attached hydrogens (tertiary/aromatic N) is 1. The second kappa shape index (κ2) is 8.28. The molecule has 0 saturated carbocycles. The lowest BCUT2D eigenvalue weighted by molar-refractivity contribution is 0.353. The molecule has 0 spiro atoms. The molecule has 0 radical (unpaired) electrons. The lowest BCUT2D eigenvalue weighted by atomic mass is 9.79. The van der Waals surface area contributed by atoms with Crippen LogP contribution >= 0.6 is 0 Å². The number of hydrogen-bond acceptors (Lipinski definition) is 3. The minimum atomic E-state index is -1.35. The van der Waals surface area contributed by atoms with Gasteiger partial charge in [-0.25, -0.2) is 0 Å². The molecule has 1 aromatic carbocycles. The van der Waals surface area contributed by atoms with Crippen LogP contribution in [0.3, 0.4) is 0 Å². The maximum Gasteiger partial charge on any atom is 0.488 e. The summed E-state index contributed by atoms with van der Waals surface area (Å²) >= 11 is 0. The van der Waals surface area contributed by atoms with Crippen molar-refractivity contribution in [1.29, 1.82) is 0 Å². The Labute approximate surface area is 105 Å². The maximum atomic E-state index is 8.96. The van der Waals surface area contributed by atoms with Gasteiger partial charge in [-0.05, 0) is 23.6 Å². The molecule has 0 fully saturated rings. The molecule has 0 aromatic heterocycles. The summed E-state index contributed by atoms with van der Waals surface area (Å²) in [6.45, 7) is 9.85. The van der Waals surface area contributed by atoms with Crippen LogP contribution in [0, 0.1) is 0 Å². The van der Waals surface area contributed by atoms with Crippen molar-refractivity contribution in [2.45, 2.75) is 40.8 Å². The van der Waals surface area contributed by atoms with Gasteiger partial charge in [0, 0.05) is 13.1 Å². The van der Waals surface area contributed by atoms with Gasteiger partial charge in [-0.3, -0.25) is 4.90 Å². The Morgan fingerprint density at radius 1 is 1.00 bits per heavy atom. The molecule has 1 aliphatic heterocycles. The molecular weight excluding hydrogens is 213 g/mol. The molecule has 2 N–H and O–H groups in total. The Morgan fingerprint density at radius 3 is 2.06 bits per heavy atom. The first-order chi connectivity index (χ1) is 8.16. The summed E-state index contributed by atoms with van der Waals surface area (Å²) in [5.74, 6) is 0. The van der Waals surface area contributed by atoms with E-state index in [2.05, 4.69) is 11.9 Å². The Bertz CT molecular complexity index is 329. The minimum absolute atomic E-state index is 0.578. The third-order valence-electron chi connectivity index (χ3n) is 2.41. The van der Waals surface area contributed by atoms with Crippen molar-refractivity contribution in [3.8, 4) is 0 Å². The van der Waals surface area contributed by atoms with Crippen LogP contribution in [-0.2, 0) is 13.1 Å². The molecule has 0 saturated heterocycles. The highest BCUT2D eigenvalue weighted by Crippen LogP contribution is 2.19. The first kappa shape index (κ1) is 16.2. The summed E-state index contributed by atoms with van der Waals surface area (Å²) in [5.41, 5.74) is 3.06. The molecule has 0 unspecified atom stereocenters. The molecule has 1 aromatic rings. The molecule has 96 valence electrons. The molecule has 3 nitrogen and oxygen atoms in total. The molecule has 17 heavy (non-hydrogen) atoms. The highest BCUT2D eigenvalue weighted by molar-refractivity contribution is 6.58. The molecule has 0 aliphatic carbocycles. The predicted molar refractivity (Wildman–Crippen MR) is 74.1 cm³/mol. The van der Waals surface area contributed by atoms with Crippen molar-refractivity contribution in [2.24, 2.45) is 0 Å².